The lowest BCUT2D eigenvalue weighted by atomic mass is 9.49. The smallest absolute Gasteiger partial charge is 0.307 e. The Morgan fingerprint density at radius 3 is 2.50 bits per heavy atom. The Morgan fingerprint density at radius 2 is 1.81 bits per heavy atom. The molecular weight excluding hydrogens is 636 g/mol. The molecule has 2 aliphatic carbocycles. The number of carbonyl (C=O) groups is 3. The number of carboxylic acids is 1. The molecule has 0 amide bonds. The molecule has 2 N–H and O–H groups in total. The Morgan fingerprint density at radius 1 is 1.06 bits per heavy atom. The molecule has 0 unspecified atom stereocenters. The second-order valence-electron chi connectivity index (χ2n) is 13.1. The first-order valence-corrected chi connectivity index (χ1v) is 16.3. The summed E-state index contributed by atoms with van der Waals surface area (Å²) in [4.78, 5) is 39.2. The number of hydrogen-bond acceptors (Lipinski definition) is 8. The minimum Gasteiger partial charge on any atom is -0.497 e. The summed E-state index contributed by atoms with van der Waals surface area (Å²) in [6, 6.07) is 15.9. The largest absolute Gasteiger partial charge is 0.497 e. The molecule has 1 spiro atoms. The molecule has 4 aromatic rings. The summed E-state index contributed by atoms with van der Waals surface area (Å²) in [6.45, 7) is 2.62. The van der Waals surface area contributed by atoms with Gasteiger partial charge in [0, 0.05) is 39.7 Å². The summed E-state index contributed by atoms with van der Waals surface area (Å²) >= 11 is 5.89. The molecule has 1 aromatic heterocycles. The van der Waals surface area contributed by atoms with Crippen molar-refractivity contribution < 1.29 is 38.8 Å². The van der Waals surface area contributed by atoms with Crippen molar-refractivity contribution in [3.05, 3.63) is 87.6 Å². The zero-order valence-corrected chi connectivity index (χ0v) is 28.0. The Labute approximate surface area is 282 Å². The van der Waals surface area contributed by atoms with Crippen LogP contribution in [-0.2, 0) is 27.8 Å². The number of methoxy groups -OCH3 is 2. The number of Topliss-reactive ketones (excluding diaryl/α,β-unsaturated/α-hetero) is 1. The third-order valence-electron chi connectivity index (χ3n) is 10.9. The van der Waals surface area contributed by atoms with E-state index in [1.54, 1.807) is 63.6 Å². The summed E-state index contributed by atoms with van der Waals surface area (Å²) in [5.74, 6) is 0.885. The van der Waals surface area contributed by atoms with Gasteiger partial charge in [-0.15, -0.1) is 0 Å². The molecule has 4 aliphatic rings. The highest BCUT2D eigenvalue weighted by Crippen LogP contribution is 2.64. The normalized spacial score (nSPS) is 25.1. The second kappa shape index (κ2) is 11.6. The molecule has 11 heteroatoms. The van der Waals surface area contributed by atoms with Crippen molar-refractivity contribution >= 4 is 40.2 Å². The van der Waals surface area contributed by atoms with Gasteiger partial charge in [-0.05, 0) is 99.4 Å². The van der Waals surface area contributed by atoms with Crippen molar-refractivity contribution in [3.8, 4) is 17.2 Å². The number of aliphatic carboxylic acids is 1. The number of likely N-dealkylation sites (tertiary alicyclic amines) is 1. The van der Waals surface area contributed by atoms with E-state index in [0.717, 1.165) is 24.9 Å². The van der Waals surface area contributed by atoms with Crippen molar-refractivity contribution in [3.63, 3.8) is 0 Å². The molecular formula is C37H37ClN2O8. The fraction of sp³-hybridized carbons (Fsp3) is 0.378. The van der Waals surface area contributed by atoms with Gasteiger partial charge in [0.2, 0.25) is 0 Å². The molecule has 8 rings (SSSR count). The third kappa shape index (κ3) is 4.57. The lowest BCUT2D eigenvalue weighted by molar-refractivity contribution is -0.185. The molecule has 2 aliphatic heterocycles. The van der Waals surface area contributed by atoms with Crippen LogP contribution in [0, 0.1) is 6.92 Å². The molecule has 250 valence electrons. The topological polar surface area (TPSA) is 128 Å². The van der Waals surface area contributed by atoms with Crippen LogP contribution in [0.2, 0.25) is 5.02 Å². The van der Waals surface area contributed by atoms with E-state index in [-0.39, 0.29) is 24.2 Å². The number of nitrogens with zero attached hydrogens (tertiary/aromatic N) is 2. The number of fused-ring (bicyclic) bond motifs is 1. The number of halogens is 1. The van der Waals surface area contributed by atoms with Gasteiger partial charge in [0.1, 0.15) is 5.75 Å². The van der Waals surface area contributed by atoms with Crippen molar-refractivity contribution in [2.45, 2.75) is 62.2 Å². The number of aromatic nitrogens is 1. The molecule has 2 bridgehead atoms. The lowest BCUT2D eigenvalue weighted by Crippen LogP contribution is -2.76. The summed E-state index contributed by atoms with van der Waals surface area (Å²) in [7, 11) is 5.24. The average molecular weight is 673 g/mol. The number of likely N-dealkylation sites (N-methyl/N-ethyl adjacent to an activating group) is 1. The SMILES string of the molecule is COc1ccc2c(c1)c(CC(=O)O)c(C)n2C(=O)c1ccc(Cl)cc1.COc1ccc2c3c1O[C@H]1C(=O)CC[C@@]4(O)[C@@H](C2)N(C)CC[C@]314. The fourth-order valence-electron chi connectivity index (χ4n) is 8.63. The molecule has 48 heavy (non-hydrogen) atoms. The van der Waals surface area contributed by atoms with Crippen LogP contribution in [0.3, 0.4) is 0 Å². The van der Waals surface area contributed by atoms with Gasteiger partial charge in [-0.2, -0.15) is 0 Å². The lowest BCUT2D eigenvalue weighted by Gasteiger charge is -2.62. The van der Waals surface area contributed by atoms with Gasteiger partial charge in [-0.25, -0.2) is 0 Å². The van der Waals surface area contributed by atoms with E-state index in [4.69, 9.17) is 25.8 Å². The first-order valence-electron chi connectivity index (χ1n) is 16.0. The summed E-state index contributed by atoms with van der Waals surface area (Å²) in [5.41, 5.74) is 3.06. The Kier molecular flexibility index (Phi) is 7.81. The van der Waals surface area contributed by atoms with Gasteiger partial charge in [0.25, 0.3) is 5.91 Å². The van der Waals surface area contributed by atoms with Gasteiger partial charge in [0.15, 0.2) is 23.4 Å². The fourth-order valence-corrected chi connectivity index (χ4v) is 8.76. The monoisotopic (exact) mass is 672 g/mol. The predicted molar refractivity (Wildman–Crippen MR) is 179 cm³/mol. The van der Waals surface area contributed by atoms with Gasteiger partial charge >= 0.3 is 5.97 Å². The standard InChI is InChI=1S/C19H16ClNO4.C18H21NO4/c1-11-15(10-18(22)23)16-9-14(25-2)7-8-17(16)21(11)19(24)12-3-5-13(20)6-4-12;1-19-8-7-17-14-10-3-4-12(22-2)15(14)23-16(17)11(20)5-6-18(17,21)13(19)9-10/h3-9H,10H2,1-2H3,(H,22,23);3-4,13,16,21H,5-9H2,1-2H3/t;13-,16+,17+,18-/m.1/s1. The third-order valence-corrected chi connectivity index (χ3v) is 11.1. The number of piperidine rings is 1. The van der Waals surface area contributed by atoms with Crippen molar-refractivity contribution in [2.24, 2.45) is 0 Å². The summed E-state index contributed by atoms with van der Waals surface area (Å²) in [6.07, 6.45) is 1.72. The predicted octanol–water partition coefficient (Wildman–Crippen LogP) is 4.98. The molecule has 10 nitrogen and oxygen atoms in total. The van der Waals surface area contributed by atoms with Gasteiger partial charge < -0.3 is 29.3 Å². The highest BCUT2D eigenvalue weighted by atomic mass is 35.5. The zero-order valence-electron chi connectivity index (χ0n) is 27.2. The molecule has 2 fully saturated rings. The number of carboxylic acid groups (broad SMARTS) is 1. The molecule has 3 aromatic carbocycles. The second-order valence-corrected chi connectivity index (χ2v) is 13.5. The van der Waals surface area contributed by atoms with Gasteiger partial charge in [-0.3, -0.25) is 19.0 Å². The Balaban J connectivity index is 0.000000152. The maximum absolute atomic E-state index is 13.0. The minimum absolute atomic E-state index is 0.0438. The first kappa shape index (κ1) is 32.2. The van der Waals surface area contributed by atoms with Gasteiger partial charge in [0.05, 0.1) is 37.2 Å². The molecule has 1 saturated heterocycles. The van der Waals surface area contributed by atoms with E-state index in [1.807, 2.05) is 6.07 Å². The molecule has 1 saturated carbocycles. The van der Waals surface area contributed by atoms with E-state index in [2.05, 4.69) is 18.0 Å². The maximum Gasteiger partial charge on any atom is 0.307 e. The van der Waals surface area contributed by atoms with Crippen LogP contribution in [-0.4, -0.2) is 82.9 Å². The number of hydrogen-bond donors (Lipinski definition) is 2. The number of ketones is 1. The van der Waals surface area contributed by atoms with Crippen LogP contribution in [0.4, 0.5) is 0 Å². The van der Waals surface area contributed by atoms with Crippen LogP contribution in [0.25, 0.3) is 10.9 Å². The number of carbonyl (C=O) groups excluding carboxylic acids is 2. The summed E-state index contributed by atoms with van der Waals surface area (Å²) < 4.78 is 18.4. The number of benzene rings is 3. The van der Waals surface area contributed by atoms with E-state index < -0.39 is 23.1 Å². The van der Waals surface area contributed by atoms with Crippen LogP contribution in [0.15, 0.2) is 54.6 Å². The zero-order chi connectivity index (χ0) is 34.1. The van der Waals surface area contributed by atoms with E-state index in [1.165, 1.54) is 10.1 Å². The Hall–Kier alpha value is -4.38. The van der Waals surface area contributed by atoms with Crippen LogP contribution in [0.1, 0.15) is 52.0 Å². The Bertz CT molecular complexity index is 1990. The van der Waals surface area contributed by atoms with E-state index in [0.29, 0.717) is 62.8 Å². The quantitative estimate of drug-likeness (QED) is 0.302. The van der Waals surface area contributed by atoms with Crippen LogP contribution < -0.4 is 14.2 Å². The summed E-state index contributed by atoms with van der Waals surface area (Å²) in [5, 5.41) is 22.2. The average Bonchev–Trinajstić information content (AvgIpc) is 3.56. The van der Waals surface area contributed by atoms with Crippen molar-refractivity contribution in [1.29, 1.82) is 0 Å². The minimum atomic E-state index is -0.955. The van der Waals surface area contributed by atoms with Crippen molar-refractivity contribution in [2.75, 3.05) is 27.8 Å². The highest BCUT2D eigenvalue weighted by molar-refractivity contribution is 6.30. The molecule has 4 atom stereocenters. The highest BCUT2D eigenvalue weighted by Gasteiger charge is 2.72. The molecule has 3 heterocycles. The first-order chi connectivity index (χ1) is 22.9. The maximum atomic E-state index is 13.0. The number of aliphatic hydroxyl groups is 1. The van der Waals surface area contributed by atoms with E-state index in [9.17, 15) is 24.6 Å². The van der Waals surface area contributed by atoms with Crippen molar-refractivity contribution in [1.82, 2.24) is 9.47 Å². The number of rotatable bonds is 5. The van der Waals surface area contributed by atoms with E-state index >= 15 is 0 Å². The number of ether oxygens (including phenoxy) is 3. The van der Waals surface area contributed by atoms with Gasteiger partial charge in [-0.1, -0.05) is 17.7 Å². The van der Waals surface area contributed by atoms with Crippen LogP contribution in [0.5, 0.6) is 17.2 Å². The van der Waals surface area contributed by atoms with Crippen LogP contribution >= 0.6 is 11.6 Å². The molecule has 0 radical (unpaired) electrons.